The third-order valence-electron chi connectivity index (χ3n) is 10.0. The monoisotopic (exact) mass is 782 g/mol. The largest absolute Gasteiger partial charge is 0.488 e. The van der Waals surface area contributed by atoms with Gasteiger partial charge in [0.1, 0.15) is 35.5 Å². The van der Waals surface area contributed by atoms with Crippen LogP contribution in [0.25, 0.3) is 16.5 Å². The highest BCUT2D eigenvalue weighted by Gasteiger charge is 2.29. The fourth-order valence-electron chi connectivity index (χ4n) is 6.60. The first-order chi connectivity index (χ1) is 27.8. The predicted molar refractivity (Wildman–Crippen MR) is 226 cm³/mol. The molecule has 1 aliphatic rings. The minimum absolute atomic E-state index is 0.215. The fourth-order valence-corrected chi connectivity index (χ4v) is 6.60. The number of nitrogens with one attached hydrogen (secondary N) is 4. The molecule has 300 valence electrons. The van der Waals surface area contributed by atoms with E-state index in [1.54, 1.807) is 10.9 Å². The molecule has 3 aromatic heterocycles. The lowest BCUT2D eigenvalue weighted by molar-refractivity contribution is -0.00924. The molecule has 3 aromatic carbocycles. The van der Waals surface area contributed by atoms with Crippen LogP contribution < -0.4 is 26.0 Å². The molecule has 0 aliphatic carbocycles. The molecule has 0 radical (unpaired) electrons. The molecule has 0 spiro atoms. The standard InChI is InChI=1S/C44H50N10O4/c1-29-11-13-31(14-12-29)54-40(24-37(52-54)43(2,3)4)51-42(56)49-34-15-16-36(33-10-8-7-9-32(33)34)58-27-30-17-18-45-38(23-30)50-39-26-46-35(25-47-39)41(55)48-28-44(5,6)53-19-21-57-22-20-53/h7-18,23-26H,19-22,27-28H2,1-6H3,(H,48,55)(H,45,47,50)(H2,49,51,56). The van der Waals surface area contributed by atoms with Crippen LogP contribution in [0.4, 0.5) is 27.9 Å². The Morgan fingerprint density at radius 1 is 0.828 bits per heavy atom. The van der Waals surface area contributed by atoms with E-state index in [9.17, 15) is 9.59 Å². The van der Waals surface area contributed by atoms with Crippen molar-refractivity contribution in [3.63, 3.8) is 0 Å². The number of hydrogen-bond acceptors (Lipinski definition) is 10. The summed E-state index contributed by atoms with van der Waals surface area (Å²) in [6.07, 6.45) is 4.64. The third-order valence-corrected chi connectivity index (χ3v) is 10.0. The van der Waals surface area contributed by atoms with Crippen molar-refractivity contribution in [3.05, 3.63) is 120 Å². The zero-order valence-electron chi connectivity index (χ0n) is 33.8. The number of fused-ring (bicyclic) bond motifs is 1. The summed E-state index contributed by atoms with van der Waals surface area (Å²) >= 11 is 0. The lowest BCUT2D eigenvalue weighted by Crippen LogP contribution is -2.55. The second kappa shape index (κ2) is 17.0. The Bertz CT molecular complexity index is 2380. The molecule has 0 unspecified atom stereocenters. The lowest BCUT2D eigenvalue weighted by atomic mass is 9.92. The van der Waals surface area contributed by atoms with Crippen LogP contribution in [0, 0.1) is 6.92 Å². The second-order valence-corrected chi connectivity index (χ2v) is 16.0. The normalized spacial score (nSPS) is 13.6. The molecule has 7 rings (SSSR count). The molecule has 1 aliphatic heterocycles. The first-order valence-electron chi connectivity index (χ1n) is 19.4. The maximum Gasteiger partial charge on any atom is 0.324 e. The van der Waals surface area contributed by atoms with E-state index < -0.39 is 6.03 Å². The Balaban J connectivity index is 0.975. The zero-order chi connectivity index (χ0) is 40.9. The molecule has 1 saturated heterocycles. The van der Waals surface area contributed by atoms with Gasteiger partial charge in [-0.25, -0.2) is 24.4 Å². The van der Waals surface area contributed by atoms with E-state index in [4.69, 9.17) is 14.6 Å². The molecule has 58 heavy (non-hydrogen) atoms. The summed E-state index contributed by atoms with van der Waals surface area (Å²) in [6, 6.07) is 24.7. The average molecular weight is 783 g/mol. The van der Waals surface area contributed by atoms with Gasteiger partial charge < -0.3 is 25.4 Å². The Morgan fingerprint density at radius 3 is 2.31 bits per heavy atom. The highest BCUT2D eigenvalue weighted by atomic mass is 16.5. The van der Waals surface area contributed by atoms with Gasteiger partial charge in [0.05, 0.1) is 42.7 Å². The topological polar surface area (TPSA) is 160 Å². The van der Waals surface area contributed by atoms with E-state index in [-0.39, 0.29) is 29.2 Å². The molecule has 0 bridgehead atoms. The van der Waals surface area contributed by atoms with E-state index in [2.05, 4.69) is 75.7 Å². The van der Waals surface area contributed by atoms with Gasteiger partial charge in [0.2, 0.25) is 0 Å². The molecule has 4 N–H and O–H groups in total. The van der Waals surface area contributed by atoms with E-state index in [1.165, 1.54) is 12.4 Å². The van der Waals surface area contributed by atoms with E-state index in [0.717, 1.165) is 46.4 Å². The van der Waals surface area contributed by atoms with Crippen molar-refractivity contribution in [2.75, 3.05) is 48.8 Å². The minimum Gasteiger partial charge on any atom is -0.488 e. The van der Waals surface area contributed by atoms with Gasteiger partial charge in [-0.05, 0) is 62.7 Å². The summed E-state index contributed by atoms with van der Waals surface area (Å²) < 4.78 is 13.5. The van der Waals surface area contributed by atoms with E-state index >= 15 is 0 Å². The van der Waals surface area contributed by atoms with Crippen molar-refractivity contribution in [1.29, 1.82) is 0 Å². The first kappa shape index (κ1) is 39.8. The number of pyridine rings is 1. The highest BCUT2D eigenvalue weighted by Crippen LogP contribution is 2.33. The van der Waals surface area contributed by atoms with Gasteiger partial charge in [-0.1, -0.05) is 62.7 Å². The van der Waals surface area contributed by atoms with Crippen LogP contribution in [-0.2, 0) is 16.8 Å². The van der Waals surface area contributed by atoms with Crippen LogP contribution >= 0.6 is 0 Å². The number of morpholine rings is 1. The molecule has 0 saturated carbocycles. The number of ether oxygens (including phenoxy) is 2. The number of aromatic nitrogens is 5. The Hall–Kier alpha value is -6.38. The Labute approximate surface area is 338 Å². The Morgan fingerprint density at radius 2 is 1.59 bits per heavy atom. The van der Waals surface area contributed by atoms with Crippen molar-refractivity contribution in [2.24, 2.45) is 0 Å². The maximum absolute atomic E-state index is 13.5. The first-order valence-corrected chi connectivity index (χ1v) is 19.4. The van der Waals surface area contributed by atoms with Crippen molar-refractivity contribution in [3.8, 4) is 11.4 Å². The van der Waals surface area contributed by atoms with Crippen LogP contribution in [0.2, 0.25) is 0 Å². The number of amides is 3. The van der Waals surface area contributed by atoms with E-state index in [0.29, 0.717) is 48.6 Å². The summed E-state index contributed by atoms with van der Waals surface area (Å²) in [6.45, 7) is 16.3. The molecule has 14 heteroatoms. The number of benzene rings is 3. The number of carbonyl (C=O) groups excluding carboxylic acids is 2. The summed E-state index contributed by atoms with van der Waals surface area (Å²) in [4.78, 5) is 41.8. The molecular weight excluding hydrogens is 733 g/mol. The maximum atomic E-state index is 13.5. The number of rotatable bonds is 12. The number of carbonyl (C=O) groups is 2. The molecule has 3 amide bonds. The van der Waals surface area contributed by atoms with Crippen LogP contribution in [-0.4, -0.2) is 80.0 Å². The van der Waals surface area contributed by atoms with Gasteiger partial charge in [-0.15, -0.1) is 0 Å². The van der Waals surface area contributed by atoms with Gasteiger partial charge in [-0.2, -0.15) is 5.10 Å². The number of hydrogen-bond donors (Lipinski definition) is 4. The fraction of sp³-hybridized carbons (Fsp3) is 0.318. The van der Waals surface area contributed by atoms with Gasteiger partial charge in [0.25, 0.3) is 5.91 Å². The van der Waals surface area contributed by atoms with Gasteiger partial charge in [0.15, 0.2) is 0 Å². The van der Waals surface area contributed by atoms with Crippen molar-refractivity contribution in [1.82, 2.24) is 34.9 Å². The quantitative estimate of drug-likeness (QED) is 0.0973. The lowest BCUT2D eigenvalue weighted by Gasteiger charge is -2.40. The smallest absolute Gasteiger partial charge is 0.324 e. The Kier molecular flexibility index (Phi) is 11.7. The molecular formula is C44H50N10O4. The molecule has 4 heterocycles. The second-order valence-electron chi connectivity index (χ2n) is 16.0. The summed E-state index contributed by atoms with van der Waals surface area (Å²) in [5.74, 6) is 1.94. The number of aryl methyl sites for hydroxylation is 1. The van der Waals surface area contributed by atoms with Crippen molar-refractivity contribution in [2.45, 2.75) is 59.1 Å². The number of urea groups is 1. The van der Waals surface area contributed by atoms with Gasteiger partial charge in [0, 0.05) is 53.6 Å². The van der Waals surface area contributed by atoms with E-state index in [1.807, 2.05) is 85.8 Å². The average Bonchev–Trinajstić information content (AvgIpc) is 3.65. The summed E-state index contributed by atoms with van der Waals surface area (Å²) in [5.41, 5.74) is 4.15. The van der Waals surface area contributed by atoms with Crippen LogP contribution in [0.3, 0.4) is 0 Å². The highest BCUT2D eigenvalue weighted by molar-refractivity contribution is 6.07. The predicted octanol–water partition coefficient (Wildman–Crippen LogP) is 7.62. The molecule has 0 atom stereocenters. The third kappa shape index (κ3) is 9.59. The van der Waals surface area contributed by atoms with Crippen molar-refractivity contribution >= 4 is 45.9 Å². The number of nitrogens with zero attached hydrogens (tertiary/aromatic N) is 6. The van der Waals surface area contributed by atoms with Crippen molar-refractivity contribution < 1.29 is 19.1 Å². The minimum atomic E-state index is -0.393. The molecule has 6 aromatic rings. The summed E-state index contributed by atoms with van der Waals surface area (Å²) in [7, 11) is 0. The molecule has 14 nitrogen and oxygen atoms in total. The zero-order valence-corrected chi connectivity index (χ0v) is 33.8. The van der Waals surface area contributed by atoms with Crippen LogP contribution in [0.15, 0.2) is 97.5 Å². The van der Waals surface area contributed by atoms with Gasteiger partial charge in [-0.3, -0.25) is 15.0 Å². The molecule has 1 fully saturated rings. The SMILES string of the molecule is Cc1ccc(-n2nc(C(C)(C)C)cc2NC(=O)Nc2ccc(OCc3ccnc(Nc4cnc(C(=O)NCC(C)(C)N5CCOCC5)cn4)c3)c3ccccc23)cc1. The van der Waals surface area contributed by atoms with Gasteiger partial charge >= 0.3 is 6.03 Å². The summed E-state index contributed by atoms with van der Waals surface area (Å²) in [5, 5.41) is 18.7. The van der Waals surface area contributed by atoms with Crippen LogP contribution in [0.5, 0.6) is 5.75 Å². The number of anilines is 4. The van der Waals surface area contributed by atoms with Crippen LogP contribution in [0.1, 0.15) is 61.9 Å².